The van der Waals surface area contributed by atoms with Crippen LogP contribution in [0.3, 0.4) is 0 Å². The largest absolute Gasteiger partial charge is 0.491 e. The van der Waals surface area contributed by atoms with E-state index in [1.807, 2.05) is 53.1 Å². The Labute approximate surface area is 190 Å². The summed E-state index contributed by atoms with van der Waals surface area (Å²) in [6, 6.07) is 13.4. The van der Waals surface area contributed by atoms with Crippen LogP contribution in [0.4, 0.5) is 4.39 Å². The van der Waals surface area contributed by atoms with Crippen molar-refractivity contribution in [2.24, 2.45) is 0 Å². The van der Waals surface area contributed by atoms with Crippen LogP contribution in [-0.4, -0.2) is 60.1 Å². The quantitative estimate of drug-likeness (QED) is 0.426. The van der Waals surface area contributed by atoms with E-state index in [9.17, 15) is 4.39 Å². The molecule has 1 aliphatic rings. The molecule has 4 heterocycles. The van der Waals surface area contributed by atoms with E-state index in [0.29, 0.717) is 37.6 Å². The van der Waals surface area contributed by atoms with Gasteiger partial charge in [-0.05, 0) is 18.2 Å². The summed E-state index contributed by atoms with van der Waals surface area (Å²) in [5, 5.41) is 3.95. The number of imidazole rings is 1. The number of pyridine rings is 2. The first-order chi connectivity index (χ1) is 15.2. The minimum absolute atomic E-state index is 0. The van der Waals surface area contributed by atoms with Crippen molar-refractivity contribution < 1.29 is 18.6 Å². The summed E-state index contributed by atoms with van der Waals surface area (Å²) in [7, 11) is 1.64. The number of rotatable bonds is 7. The second-order valence-corrected chi connectivity index (χ2v) is 7.43. The number of nitrogens with one attached hydrogen (secondary N) is 1. The molecule has 1 aromatic carbocycles. The highest BCUT2D eigenvalue weighted by Crippen LogP contribution is 2.30. The molecular weight excluding hydrogens is 435 g/mol. The number of ether oxygens (including phenoxy) is 3. The van der Waals surface area contributed by atoms with Crippen LogP contribution in [0.2, 0.25) is 0 Å². The number of fused-ring (bicyclic) bond motifs is 2. The molecule has 0 radical (unpaired) electrons. The molecule has 5 rings (SSSR count). The maximum Gasteiger partial charge on any atom is 0.150 e. The maximum absolute atomic E-state index is 14.0. The predicted octanol–water partition coefficient (Wildman–Crippen LogP) is 3.69. The highest BCUT2D eigenvalue weighted by molar-refractivity contribution is 5.86. The van der Waals surface area contributed by atoms with Gasteiger partial charge >= 0.3 is 0 Å². The molecule has 1 aliphatic heterocycles. The summed E-state index contributed by atoms with van der Waals surface area (Å²) >= 11 is 0. The highest BCUT2D eigenvalue weighted by Gasteiger charge is 2.29. The molecule has 0 amide bonds. The first-order valence-corrected chi connectivity index (χ1v) is 10.2. The summed E-state index contributed by atoms with van der Waals surface area (Å²) in [6.07, 6.45) is 2.15. The standard InChI is InChI=1S/C23H23FN4O3.ClH/c1-29-9-10-30-16-7-8-28-19(13-26-22(28)11-16)18-6-5-15-3-2-4-20(23(15)27-18)31-21-14-25-12-17(21)24;/h2-8,11,13,17,21,25H,9-10,12,14H2,1H3;1H. The Hall–Kier alpha value is -2.94. The van der Waals surface area contributed by atoms with Gasteiger partial charge in [-0.1, -0.05) is 18.2 Å². The first-order valence-electron chi connectivity index (χ1n) is 10.2. The van der Waals surface area contributed by atoms with Crippen molar-refractivity contribution in [2.75, 3.05) is 33.4 Å². The van der Waals surface area contributed by atoms with Crippen LogP contribution in [0.1, 0.15) is 0 Å². The zero-order valence-corrected chi connectivity index (χ0v) is 18.3. The summed E-state index contributed by atoms with van der Waals surface area (Å²) in [6.45, 7) is 1.80. The van der Waals surface area contributed by atoms with Crippen LogP contribution in [0.5, 0.6) is 11.5 Å². The fourth-order valence-electron chi connectivity index (χ4n) is 3.74. The number of methoxy groups -OCH3 is 1. The number of nitrogens with zero attached hydrogens (tertiary/aromatic N) is 3. The second kappa shape index (κ2) is 9.68. The number of aromatic nitrogens is 3. The maximum atomic E-state index is 14.0. The van der Waals surface area contributed by atoms with Crippen LogP contribution in [0.15, 0.2) is 54.9 Å². The molecule has 1 fully saturated rings. The van der Waals surface area contributed by atoms with Gasteiger partial charge in [-0.15, -0.1) is 12.4 Å². The molecule has 0 saturated carbocycles. The Kier molecular flexibility index (Phi) is 6.74. The Morgan fingerprint density at radius 3 is 2.88 bits per heavy atom. The lowest BCUT2D eigenvalue weighted by molar-refractivity contribution is 0.141. The average Bonchev–Trinajstić information content (AvgIpc) is 3.40. The van der Waals surface area contributed by atoms with Gasteiger partial charge in [-0.2, -0.15) is 0 Å². The monoisotopic (exact) mass is 458 g/mol. The number of para-hydroxylation sites is 1. The van der Waals surface area contributed by atoms with Gasteiger partial charge in [0.25, 0.3) is 0 Å². The van der Waals surface area contributed by atoms with Crippen molar-refractivity contribution in [2.45, 2.75) is 12.3 Å². The van der Waals surface area contributed by atoms with Gasteiger partial charge in [-0.3, -0.25) is 4.40 Å². The lowest BCUT2D eigenvalue weighted by atomic mass is 10.1. The molecule has 1 saturated heterocycles. The van der Waals surface area contributed by atoms with Gasteiger partial charge in [-0.25, -0.2) is 14.4 Å². The van der Waals surface area contributed by atoms with Crippen LogP contribution in [0.25, 0.3) is 27.9 Å². The molecule has 0 aliphatic carbocycles. The normalized spacial score (nSPS) is 18.1. The van der Waals surface area contributed by atoms with E-state index in [0.717, 1.165) is 28.2 Å². The molecule has 0 spiro atoms. The third-order valence-electron chi connectivity index (χ3n) is 5.35. The van der Waals surface area contributed by atoms with E-state index < -0.39 is 12.3 Å². The molecule has 32 heavy (non-hydrogen) atoms. The minimum Gasteiger partial charge on any atom is -0.491 e. The molecule has 2 unspecified atom stereocenters. The van der Waals surface area contributed by atoms with Gasteiger partial charge in [0, 0.05) is 37.8 Å². The van der Waals surface area contributed by atoms with Gasteiger partial charge < -0.3 is 19.5 Å². The first kappa shape index (κ1) is 22.3. The summed E-state index contributed by atoms with van der Waals surface area (Å²) in [5.41, 5.74) is 3.06. The van der Waals surface area contributed by atoms with Crippen molar-refractivity contribution in [1.29, 1.82) is 0 Å². The van der Waals surface area contributed by atoms with E-state index in [4.69, 9.17) is 19.2 Å². The van der Waals surface area contributed by atoms with E-state index in [1.165, 1.54) is 0 Å². The van der Waals surface area contributed by atoms with Gasteiger partial charge in [0.05, 0.1) is 24.2 Å². The lowest BCUT2D eigenvalue weighted by Gasteiger charge is -2.16. The Morgan fingerprint density at radius 2 is 2.06 bits per heavy atom. The van der Waals surface area contributed by atoms with Crippen molar-refractivity contribution in [3.8, 4) is 22.9 Å². The van der Waals surface area contributed by atoms with Crippen LogP contribution in [0, 0.1) is 0 Å². The predicted molar refractivity (Wildman–Crippen MR) is 123 cm³/mol. The van der Waals surface area contributed by atoms with Crippen molar-refractivity contribution in [3.63, 3.8) is 0 Å². The topological polar surface area (TPSA) is 69.9 Å². The second-order valence-electron chi connectivity index (χ2n) is 7.43. The van der Waals surface area contributed by atoms with Crippen LogP contribution >= 0.6 is 12.4 Å². The lowest BCUT2D eigenvalue weighted by Crippen LogP contribution is -2.27. The minimum atomic E-state index is -1.03. The molecule has 4 aromatic rings. The van der Waals surface area contributed by atoms with Gasteiger partial charge in [0.1, 0.15) is 35.4 Å². The van der Waals surface area contributed by atoms with Crippen LogP contribution in [-0.2, 0) is 4.74 Å². The van der Waals surface area contributed by atoms with Crippen molar-refractivity contribution in [3.05, 3.63) is 54.9 Å². The Morgan fingerprint density at radius 1 is 1.16 bits per heavy atom. The average molecular weight is 459 g/mol. The van der Waals surface area contributed by atoms with Gasteiger partial charge in [0.15, 0.2) is 6.17 Å². The zero-order chi connectivity index (χ0) is 21.2. The fraction of sp³-hybridized carbons (Fsp3) is 0.304. The number of alkyl halides is 1. The zero-order valence-electron chi connectivity index (χ0n) is 17.5. The number of hydrogen-bond acceptors (Lipinski definition) is 6. The third-order valence-corrected chi connectivity index (χ3v) is 5.35. The van der Waals surface area contributed by atoms with E-state index >= 15 is 0 Å². The van der Waals surface area contributed by atoms with Crippen molar-refractivity contribution in [1.82, 2.24) is 19.7 Å². The summed E-state index contributed by atoms with van der Waals surface area (Å²) in [5.74, 6) is 1.31. The van der Waals surface area contributed by atoms with E-state index in [2.05, 4.69) is 10.3 Å². The smallest absolute Gasteiger partial charge is 0.150 e. The van der Waals surface area contributed by atoms with Crippen molar-refractivity contribution >= 4 is 29.0 Å². The van der Waals surface area contributed by atoms with E-state index in [1.54, 1.807) is 13.3 Å². The van der Waals surface area contributed by atoms with E-state index in [-0.39, 0.29) is 12.4 Å². The number of hydrogen-bond donors (Lipinski definition) is 1. The summed E-state index contributed by atoms with van der Waals surface area (Å²) in [4.78, 5) is 9.34. The molecule has 3 aromatic heterocycles. The van der Waals surface area contributed by atoms with Gasteiger partial charge in [0.2, 0.25) is 0 Å². The fourth-order valence-corrected chi connectivity index (χ4v) is 3.74. The Bertz CT molecular complexity index is 1220. The molecule has 7 nitrogen and oxygen atoms in total. The molecule has 168 valence electrons. The number of halogens is 2. The molecule has 1 N–H and O–H groups in total. The molecular formula is C23H24ClFN4O3. The highest BCUT2D eigenvalue weighted by atomic mass is 35.5. The summed E-state index contributed by atoms with van der Waals surface area (Å²) < 4.78 is 32.7. The molecule has 2 atom stereocenters. The SMILES string of the molecule is COCCOc1ccn2c(-c3ccc4cccc(OC5CNCC5F)c4n3)cnc2c1.Cl. The third kappa shape index (κ3) is 4.34. The molecule has 9 heteroatoms. The van der Waals surface area contributed by atoms with Crippen LogP contribution < -0.4 is 14.8 Å². The Balaban J connectivity index is 0.00000245. The number of benzene rings is 1. The molecule has 0 bridgehead atoms.